The first-order valence-corrected chi connectivity index (χ1v) is 10.7. The van der Waals surface area contributed by atoms with Gasteiger partial charge in [-0.3, -0.25) is 9.78 Å². The molecule has 0 aliphatic carbocycles. The van der Waals surface area contributed by atoms with Crippen LogP contribution in [-0.4, -0.2) is 14.7 Å². The molecule has 0 saturated carbocycles. The first-order valence-electron chi connectivity index (χ1n) is 10.7. The summed E-state index contributed by atoms with van der Waals surface area (Å²) in [6, 6.07) is 20.2. The number of rotatable bonds is 6. The lowest BCUT2D eigenvalue weighted by Gasteiger charge is -2.17. The molecule has 1 atom stereocenters. The second-order valence-corrected chi connectivity index (χ2v) is 8.28. The van der Waals surface area contributed by atoms with Gasteiger partial charge in [0, 0.05) is 29.6 Å². The van der Waals surface area contributed by atoms with Gasteiger partial charge >= 0.3 is 0 Å². The van der Waals surface area contributed by atoms with Gasteiger partial charge in [0.1, 0.15) is 6.04 Å². The second kappa shape index (κ2) is 9.20. The van der Waals surface area contributed by atoms with Crippen molar-refractivity contribution in [3.63, 3.8) is 0 Å². The quantitative estimate of drug-likeness (QED) is 0.398. The zero-order chi connectivity index (χ0) is 23.5. The number of hydrogen-bond donors (Lipinski definition) is 1. The molecule has 2 aromatic heterocycles. The van der Waals surface area contributed by atoms with Gasteiger partial charge in [-0.2, -0.15) is 4.91 Å². The molecule has 0 spiro atoms. The maximum Gasteiger partial charge on any atom is 0.223 e. The minimum atomic E-state index is -0.761. The van der Waals surface area contributed by atoms with E-state index in [1.165, 1.54) is 17.8 Å². The standard InChI is InChI=1S/C27H25N3O3/c1-17-10-11-23(18(2)12-17)20-7-5-8-21(13-20)30-16-27(32)26(31)15-22(30)14-25(29-33)24-9-4-6-19(3)28-24/h4-13,15-16,25,32H,14H2,1-3H3. The topological polar surface area (TPSA) is 84.5 Å². The molecule has 1 N–H and O–H groups in total. The monoisotopic (exact) mass is 439 g/mol. The SMILES string of the molecule is Cc1ccc(-c2cccc(-n3cc(O)c(=O)cc3CC(N=O)c3cccc(C)n3)c2)c(C)c1. The lowest BCUT2D eigenvalue weighted by Crippen LogP contribution is -2.14. The fourth-order valence-electron chi connectivity index (χ4n) is 4.07. The van der Waals surface area contributed by atoms with E-state index in [1.807, 2.05) is 43.3 Å². The molecule has 0 aliphatic heterocycles. The van der Waals surface area contributed by atoms with Crippen LogP contribution in [0.25, 0.3) is 16.8 Å². The van der Waals surface area contributed by atoms with E-state index < -0.39 is 11.5 Å². The summed E-state index contributed by atoms with van der Waals surface area (Å²) in [4.78, 5) is 28.4. The van der Waals surface area contributed by atoms with Gasteiger partial charge in [0.25, 0.3) is 0 Å². The van der Waals surface area contributed by atoms with E-state index in [4.69, 9.17) is 0 Å². The van der Waals surface area contributed by atoms with Crippen molar-refractivity contribution in [3.05, 3.63) is 116 Å². The summed E-state index contributed by atoms with van der Waals surface area (Å²) in [7, 11) is 0. The van der Waals surface area contributed by atoms with E-state index in [0.29, 0.717) is 11.4 Å². The van der Waals surface area contributed by atoms with Crippen LogP contribution in [0.2, 0.25) is 0 Å². The summed E-state index contributed by atoms with van der Waals surface area (Å²) in [6.07, 6.45) is 1.56. The van der Waals surface area contributed by atoms with Gasteiger partial charge in [-0.1, -0.05) is 47.1 Å². The highest BCUT2D eigenvalue weighted by Crippen LogP contribution is 2.28. The minimum Gasteiger partial charge on any atom is -0.503 e. The molecule has 2 aromatic carbocycles. The highest BCUT2D eigenvalue weighted by Gasteiger charge is 2.18. The summed E-state index contributed by atoms with van der Waals surface area (Å²) < 4.78 is 1.73. The van der Waals surface area contributed by atoms with Crippen molar-refractivity contribution in [3.8, 4) is 22.6 Å². The van der Waals surface area contributed by atoms with Gasteiger partial charge in [0.15, 0.2) is 5.75 Å². The van der Waals surface area contributed by atoms with Crippen molar-refractivity contribution in [2.24, 2.45) is 5.18 Å². The van der Waals surface area contributed by atoms with E-state index in [-0.39, 0.29) is 12.2 Å². The Labute approximate surface area is 192 Å². The second-order valence-electron chi connectivity index (χ2n) is 8.28. The van der Waals surface area contributed by atoms with Crippen molar-refractivity contribution in [1.82, 2.24) is 9.55 Å². The number of nitrogens with zero attached hydrogens (tertiary/aromatic N) is 3. The lowest BCUT2D eigenvalue weighted by molar-refractivity contribution is 0.463. The van der Waals surface area contributed by atoms with Crippen molar-refractivity contribution in [2.75, 3.05) is 0 Å². The molecule has 33 heavy (non-hydrogen) atoms. The van der Waals surface area contributed by atoms with Crippen molar-refractivity contribution < 1.29 is 5.11 Å². The fourth-order valence-corrected chi connectivity index (χ4v) is 4.07. The van der Waals surface area contributed by atoms with Crippen molar-refractivity contribution >= 4 is 0 Å². The molecule has 0 amide bonds. The molecule has 166 valence electrons. The Kier molecular flexibility index (Phi) is 6.18. The lowest BCUT2D eigenvalue weighted by atomic mass is 9.98. The maximum atomic E-state index is 12.3. The largest absolute Gasteiger partial charge is 0.503 e. The molecule has 1 unspecified atom stereocenters. The zero-order valence-corrected chi connectivity index (χ0v) is 18.8. The molecule has 0 aliphatic rings. The smallest absolute Gasteiger partial charge is 0.223 e. The normalized spacial score (nSPS) is 11.8. The summed E-state index contributed by atoms with van der Waals surface area (Å²) in [5.74, 6) is -0.361. The Balaban J connectivity index is 1.79. The molecule has 6 heteroatoms. The van der Waals surface area contributed by atoms with Gasteiger partial charge in [0.2, 0.25) is 5.43 Å². The Morgan fingerprint density at radius 3 is 2.52 bits per heavy atom. The molecule has 0 fully saturated rings. The summed E-state index contributed by atoms with van der Waals surface area (Å²) in [5.41, 5.74) is 6.61. The number of hydrogen-bond acceptors (Lipinski definition) is 5. The Morgan fingerprint density at radius 2 is 1.79 bits per heavy atom. The van der Waals surface area contributed by atoms with E-state index in [0.717, 1.165) is 28.1 Å². The minimum absolute atomic E-state index is 0.170. The van der Waals surface area contributed by atoms with Crippen LogP contribution in [0.15, 0.2) is 82.9 Å². The predicted octanol–water partition coefficient (Wildman–Crippen LogP) is 5.58. The molecular formula is C27H25N3O3. The summed E-state index contributed by atoms with van der Waals surface area (Å²) in [5, 5.41) is 13.4. The van der Waals surface area contributed by atoms with Crippen LogP contribution in [-0.2, 0) is 6.42 Å². The van der Waals surface area contributed by atoms with E-state index in [1.54, 1.807) is 10.6 Å². The summed E-state index contributed by atoms with van der Waals surface area (Å²) in [6.45, 7) is 5.98. The van der Waals surface area contributed by atoms with Gasteiger partial charge in [-0.15, -0.1) is 0 Å². The van der Waals surface area contributed by atoms with Gasteiger partial charge in [-0.05, 0) is 61.7 Å². The third-order valence-corrected chi connectivity index (χ3v) is 5.71. The average molecular weight is 440 g/mol. The average Bonchev–Trinajstić information content (AvgIpc) is 2.79. The number of benzene rings is 2. The Morgan fingerprint density at radius 1 is 1.00 bits per heavy atom. The molecule has 2 heterocycles. The van der Waals surface area contributed by atoms with Crippen LogP contribution in [0.5, 0.6) is 5.75 Å². The Bertz CT molecular complexity index is 1390. The van der Waals surface area contributed by atoms with Crippen molar-refractivity contribution in [2.45, 2.75) is 33.2 Å². The third kappa shape index (κ3) is 4.75. The van der Waals surface area contributed by atoms with Crippen LogP contribution >= 0.6 is 0 Å². The van der Waals surface area contributed by atoms with Crippen molar-refractivity contribution in [1.29, 1.82) is 0 Å². The number of aromatic hydroxyl groups is 1. The molecule has 4 rings (SSSR count). The third-order valence-electron chi connectivity index (χ3n) is 5.71. The van der Waals surface area contributed by atoms with Crippen LogP contribution < -0.4 is 5.43 Å². The van der Waals surface area contributed by atoms with Crippen LogP contribution in [0.3, 0.4) is 0 Å². The van der Waals surface area contributed by atoms with E-state index in [2.05, 4.69) is 42.2 Å². The highest BCUT2D eigenvalue weighted by atomic mass is 16.3. The van der Waals surface area contributed by atoms with E-state index >= 15 is 0 Å². The predicted molar refractivity (Wildman–Crippen MR) is 130 cm³/mol. The van der Waals surface area contributed by atoms with Gasteiger partial charge in [-0.25, -0.2) is 0 Å². The summed E-state index contributed by atoms with van der Waals surface area (Å²) >= 11 is 0. The van der Waals surface area contributed by atoms with Crippen LogP contribution in [0, 0.1) is 25.7 Å². The Hall–Kier alpha value is -4.06. The zero-order valence-electron chi connectivity index (χ0n) is 18.8. The number of pyridine rings is 2. The first kappa shape index (κ1) is 22.1. The molecule has 6 nitrogen and oxygen atoms in total. The molecule has 0 saturated heterocycles. The van der Waals surface area contributed by atoms with Crippen LogP contribution in [0.4, 0.5) is 0 Å². The number of aryl methyl sites for hydroxylation is 3. The first-order chi connectivity index (χ1) is 15.9. The molecule has 0 bridgehead atoms. The van der Waals surface area contributed by atoms with E-state index in [9.17, 15) is 14.8 Å². The highest BCUT2D eigenvalue weighted by molar-refractivity contribution is 5.69. The molecule has 4 aromatic rings. The fraction of sp³-hybridized carbons (Fsp3) is 0.185. The molecule has 0 radical (unpaired) electrons. The maximum absolute atomic E-state index is 12.3. The number of aromatic nitrogens is 2. The molecular weight excluding hydrogens is 414 g/mol. The van der Waals surface area contributed by atoms with Gasteiger partial charge in [0.05, 0.1) is 11.9 Å². The van der Waals surface area contributed by atoms with Crippen LogP contribution in [0.1, 0.15) is 34.3 Å². The number of nitroso groups, excluding NO2 is 1. The van der Waals surface area contributed by atoms with Gasteiger partial charge < -0.3 is 9.67 Å².